The molecule has 0 atom stereocenters. The minimum absolute atomic E-state index is 0.895. The minimum Gasteiger partial charge on any atom is -0.497 e. The van der Waals surface area contributed by atoms with Crippen LogP contribution in [0.25, 0.3) is 6.08 Å². The number of unbranched alkanes of at least 4 members (excludes halogenated alkanes) is 1. The smallest absolute Gasteiger partial charge is 0.118 e. The van der Waals surface area contributed by atoms with E-state index in [1.807, 2.05) is 24.3 Å². The molecular formula is C19H22O2. The molecule has 0 N–H and O–H groups in total. The van der Waals surface area contributed by atoms with Crippen LogP contribution in [0.1, 0.15) is 24.0 Å². The molecule has 0 radical (unpaired) electrons. The van der Waals surface area contributed by atoms with Gasteiger partial charge in [-0.25, -0.2) is 0 Å². The number of rotatable bonds is 7. The molecule has 0 heterocycles. The van der Waals surface area contributed by atoms with Crippen molar-refractivity contribution in [2.75, 3.05) is 14.2 Å². The predicted octanol–water partition coefficient (Wildman–Crippen LogP) is 4.74. The van der Waals surface area contributed by atoms with Crippen LogP contribution >= 0.6 is 0 Å². The van der Waals surface area contributed by atoms with E-state index in [4.69, 9.17) is 9.47 Å². The van der Waals surface area contributed by atoms with E-state index in [2.05, 4.69) is 36.4 Å². The average Bonchev–Trinajstić information content (AvgIpc) is 2.55. The summed E-state index contributed by atoms with van der Waals surface area (Å²) in [6.45, 7) is 0. The van der Waals surface area contributed by atoms with E-state index in [0.717, 1.165) is 30.8 Å². The molecule has 2 aromatic rings. The Morgan fingerprint density at radius 2 is 1.38 bits per heavy atom. The van der Waals surface area contributed by atoms with E-state index in [1.54, 1.807) is 14.2 Å². The molecule has 0 aromatic heterocycles. The Morgan fingerprint density at radius 1 is 0.810 bits per heavy atom. The van der Waals surface area contributed by atoms with E-state index >= 15 is 0 Å². The molecule has 0 fully saturated rings. The molecule has 2 rings (SSSR count). The number of methoxy groups -OCH3 is 2. The lowest BCUT2D eigenvalue weighted by molar-refractivity contribution is 0.414. The number of benzene rings is 2. The standard InChI is InChI=1S/C19H22O2/c1-20-18-12-8-16(9-13-18)6-4-3-5-7-17-10-14-19(21-2)15-11-17/h4,6,8-15H,3,5,7H2,1-2H3/b6-4+. The summed E-state index contributed by atoms with van der Waals surface area (Å²) in [5.74, 6) is 1.81. The molecule has 0 saturated carbocycles. The van der Waals surface area contributed by atoms with Crippen molar-refractivity contribution in [3.05, 3.63) is 65.7 Å². The maximum Gasteiger partial charge on any atom is 0.118 e. The molecule has 0 unspecified atom stereocenters. The second-order valence-corrected chi connectivity index (χ2v) is 4.92. The first-order chi connectivity index (χ1) is 10.3. The van der Waals surface area contributed by atoms with Crippen molar-refractivity contribution in [2.24, 2.45) is 0 Å². The summed E-state index contributed by atoms with van der Waals surface area (Å²) in [4.78, 5) is 0. The average molecular weight is 282 g/mol. The molecule has 2 aromatic carbocycles. The normalized spacial score (nSPS) is 10.8. The minimum atomic E-state index is 0.895. The lowest BCUT2D eigenvalue weighted by Gasteiger charge is -2.02. The van der Waals surface area contributed by atoms with Crippen molar-refractivity contribution < 1.29 is 9.47 Å². The third-order valence-corrected chi connectivity index (χ3v) is 3.42. The molecule has 21 heavy (non-hydrogen) atoms. The molecule has 0 aliphatic rings. The molecule has 0 aliphatic carbocycles. The summed E-state index contributed by atoms with van der Waals surface area (Å²) in [5, 5.41) is 0. The van der Waals surface area contributed by atoms with Gasteiger partial charge in [0.2, 0.25) is 0 Å². The number of hydrogen-bond donors (Lipinski definition) is 0. The van der Waals surface area contributed by atoms with Gasteiger partial charge in [-0.15, -0.1) is 0 Å². The van der Waals surface area contributed by atoms with Gasteiger partial charge < -0.3 is 9.47 Å². The zero-order chi connectivity index (χ0) is 14.9. The van der Waals surface area contributed by atoms with E-state index in [0.29, 0.717) is 0 Å². The largest absolute Gasteiger partial charge is 0.497 e. The van der Waals surface area contributed by atoms with Crippen LogP contribution in [0.15, 0.2) is 54.6 Å². The summed E-state index contributed by atoms with van der Waals surface area (Å²) in [7, 11) is 3.38. The van der Waals surface area contributed by atoms with Gasteiger partial charge >= 0.3 is 0 Å². The number of ether oxygens (including phenoxy) is 2. The third-order valence-electron chi connectivity index (χ3n) is 3.42. The summed E-state index contributed by atoms with van der Waals surface area (Å²) < 4.78 is 10.3. The van der Waals surface area contributed by atoms with Crippen molar-refractivity contribution in [1.29, 1.82) is 0 Å². The molecule has 0 spiro atoms. The Morgan fingerprint density at radius 3 is 1.95 bits per heavy atom. The van der Waals surface area contributed by atoms with Crippen molar-refractivity contribution in [3.63, 3.8) is 0 Å². The van der Waals surface area contributed by atoms with Crippen LogP contribution in [0.3, 0.4) is 0 Å². The first-order valence-corrected chi connectivity index (χ1v) is 7.25. The van der Waals surface area contributed by atoms with Gasteiger partial charge in [0.15, 0.2) is 0 Å². The monoisotopic (exact) mass is 282 g/mol. The molecule has 2 nitrogen and oxygen atoms in total. The van der Waals surface area contributed by atoms with Crippen LogP contribution in [0, 0.1) is 0 Å². The first kappa shape index (κ1) is 15.2. The van der Waals surface area contributed by atoms with Crippen molar-refractivity contribution in [2.45, 2.75) is 19.3 Å². The van der Waals surface area contributed by atoms with Gasteiger partial charge in [-0.2, -0.15) is 0 Å². The predicted molar refractivity (Wildman–Crippen MR) is 88.0 cm³/mol. The lowest BCUT2D eigenvalue weighted by atomic mass is 10.1. The topological polar surface area (TPSA) is 18.5 Å². The highest BCUT2D eigenvalue weighted by molar-refractivity contribution is 5.50. The van der Waals surface area contributed by atoms with E-state index < -0.39 is 0 Å². The van der Waals surface area contributed by atoms with Gasteiger partial charge in [-0.05, 0) is 54.7 Å². The number of hydrogen-bond acceptors (Lipinski definition) is 2. The highest BCUT2D eigenvalue weighted by atomic mass is 16.5. The SMILES string of the molecule is COc1ccc(/C=C/CCCc2ccc(OC)cc2)cc1. The Labute approximate surface area is 127 Å². The Bertz CT molecular complexity index is 553. The van der Waals surface area contributed by atoms with Crippen molar-refractivity contribution >= 4 is 6.08 Å². The van der Waals surface area contributed by atoms with Gasteiger partial charge in [0.05, 0.1) is 14.2 Å². The lowest BCUT2D eigenvalue weighted by Crippen LogP contribution is -1.86. The van der Waals surface area contributed by atoms with Gasteiger partial charge in [-0.3, -0.25) is 0 Å². The fourth-order valence-corrected chi connectivity index (χ4v) is 2.15. The van der Waals surface area contributed by atoms with Crippen LogP contribution in [-0.2, 0) is 6.42 Å². The summed E-state index contributed by atoms with van der Waals surface area (Å²) in [5.41, 5.74) is 2.56. The first-order valence-electron chi connectivity index (χ1n) is 7.25. The Hall–Kier alpha value is -2.22. The molecule has 0 amide bonds. The van der Waals surface area contributed by atoms with Crippen molar-refractivity contribution in [1.82, 2.24) is 0 Å². The maximum atomic E-state index is 5.16. The van der Waals surface area contributed by atoms with E-state index in [9.17, 15) is 0 Å². The third kappa shape index (κ3) is 4.99. The fraction of sp³-hybridized carbons (Fsp3) is 0.263. The van der Waals surface area contributed by atoms with Gasteiger partial charge in [0, 0.05) is 0 Å². The summed E-state index contributed by atoms with van der Waals surface area (Å²) in [6, 6.07) is 16.4. The van der Waals surface area contributed by atoms with Gasteiger partial charge in [0.25, 0.3) is 0 Å². The van der Waals surface area contributed by atoms with E-state index in [1.165, 1.54) is 11.1 Å². The zero-order valence-electron chi connectivity index (χ0n) is 12.7. The van der Waals surface area contributed by atoms with Crippen LogP contribution < -0.4 is 9.47 Å². The highest BCUT2D eigenvalue weighted by Crippen LogP contribution is 2.15. The van der Waals surface area contributed by atoms with Crippen LogP contribution in [0.2, 0.25) is 0 Å². The Balaban J connectivity index is 1.74. The second kappa shape index (κ2) is 8.15. The quantitative estimate of drug-likeness (QED) is 0.683. The molecule has 110 valence electrons. The zero-order valence-corrected chi connectivity index (χ0v) is 12.7. The van der Waals surface area contributed by atoms with E-state index in [-0.39, 0.29) is 0 Å². The van der Waals surface area contributed by atoms with Gasteiger partial charge in [0.1, 0.15) is 11.5 Å². The van der Waals surface area contributed by atoms with Crippen LogP contribution in [0.5, 0.6) is 11.5 Å². The van der Waals surface area contributed by atoms with Crippen molar-refractivity contribution in [3.8, 4) is 11.5 Å². The molecular weight excluding hydrogens is 260 g/mol. The number of allylic oxidation sites excluding steroid dienone is 1. The molecule has 0 aliphatic heterocycles. The molecule has 0 bridgehead atoms. The van der Waals surface area contributed by atoms with Gasteiger partial charge in [-0.1, -0.05) is 36.4 Å². The molecule has 2 heteroatoms. The fourth-order valence-electron chi connectivity index (χ4n) is 2.15. The van der Waals surface area contributed by atoms with Crippen LogP contribution in [0.4, 0.5) is 0 Å². The molecule has 0 saturated heterocycles. The summed E-state index contributed by atoms with van der Waals surface area (Å²) in [6.07, 6.45) is 7.72. The van der Waals surface area contributed by atoms with Crippen LogP contribution in [-0.4, -0.2) is 14.2 Å². The highest BCUT2D eigenvalue weighted by Gasteiger charge is 1.94. The second-order valence-electron chi connectivity index (χ2n) is 4.92. The number of aryl methyl sites for hydroxylation is 1. The maximum absolute atomic E-state index is 5.16. The Kier molecular flexibility index (Phi) is 5.89. The summed E-state index contributed by atoms with van der Waals surface area (Å²) >= 11 is 0.